The zero-order chi connectivity index (χ0) is 12.6. The van der Waals surface area contributed by atoms with Crippen LogP contribution in [0.1, 0.15) is 21.6 Å². The maximum atomic E-state index is 11.0. The van der Waals surface area contributed by atoms with Crippen molar-refractivity contribution >= 4 is 23.5 Å². The highest BCUT2D eigenvalue weighted by molar-refractivity contribution is 5.91. The number of pyridine rings is 1. The Morgan fingerprint density at radius 1 is 1.59 bits per heavy atom. The van der Waals surface area contributed by atoms with Crippen LogP contribution in [0.2, 0.25) is 0 Å². The summed E-state index contributed by atoms with van der Waals surface area (Å²) < 4.78 is 1.62. The van der Waals surface area contributed by atoms with Crippen LogP contribution in [0.4, 0.5) is 5.69 Å². The Morgan fingerprint density at radius 2 is 2.29 bits per heavy atom. The van der Waals surface area contributed by atoms with Gasteiger partial charge in [0.25, 0.3) is 0 Å². The molecular formula is C12H12N2O3. The molecule has 0 unspecified atom stereocenters. The molecule has 0 aliphatic rings. The number of aliphatic carboxylic acids is 1. The topological polar surface area (TPSA) is 84.8 Å². The Hall–Kier alpha value is -2.30. The van der Waals surface area contributed by atoms with Gasteiger partial charge in [0.05, 0.1) is 17.6 Å². The summed E-state index contributed by atoms with van der Waals surface area (Å²) in [4.78, 5) is 21.8. The highest BCUT2D eigenvalue weighted by Gasteiger charge is 2.17. The SMILES string of the molecule is Cc1ccn2c(C=O)c(N)c(CC(=O)O)c2c1. The number of carbonyl (C=O) groups excluding carboxylic acids is 1. The zero-order valence-electron chi connectivity index (χ0n) is 9.30. The highest BCUT2D eigenvalue weighted by Crippen LogP contribution is 2.26. The number of aryl methyl sites for hydroxylation is 1. The lowest BCUT2D eigenvalue weighted by atomic mass is 10.1. The number of anilines is 1. The number of nitrogen functional groups attached to an aromatic ring is 1. The first kappa shape index (κ1) is 11.2. The van der Waals surface area contributed by atoms with E-state index in [1.165, 1.54) is 0 Å². The van der Waals surface area contributed by atoms with E-state index in [-0.39, 0.29) is 12.1 Å². The summed E-state index contributed by atoms with van der Waals surface area (Å²) in [5, 5.41) is 8.85. The third-order valence-electron chi connectivity index (χ3n) is 2.72. The van der Waals surface area contributed by atoms with Crippen molar-refractivity contribution in [1.82, 2.24) is 4.40 Å². The number of carboxylic acids is 1. The van der Waals surface area contributed by atoms with Crippen LogP contribution in [-0.2, 0) is 11.2 Å². The van der Waals surface area contributed by atoms with Gasteiger partial charge in [0.2, 0.25) is 0 Å². The second-order valence-corrected chi connectivity index (χ2v) is 3.93. The third-order valence-corrected chi connectivity index (χ3v) is 2.72. The molecule has 0 saturated carbocycles. The summed E-state index contributed by atoms with van der Waals surface area (Å²) in [6, 6.07) is 3.66. The van der Waals surface area contributed by atoms with Crippen LogP contribution in [0.3, 0.4) is 0 Å². The molecule has 2 aromatic rings. The number of fused-ring (bicyclic) bond motifs is 1. The smallest absolute Gasteiger partial charge is 0.307 e. The van der Waals surface area contributed by atoms with Gasteiger partial charge in [-0.3, -0.25) is 9.59 Å². The summed E-state index contributed by atoms with van der Waals surface area (Å²) in [5.41, 5.74) is 8.50. The number of hydrogen-bond acceptors (Lipinski definition) is 3. The van der Waals surface area contributed by atoms with Gasteiger partial charge < -0.3 is 15.2 Å². The number of carboxylic acid groups (broad SMARTS) is 1. The van der Waals surface area contributed by atoms with Crippen molar-refractivity contribution in [3.8, 4) is 0 Å². The van der Waals surface area contributed by atoms with E-state index in [0.29, 0.717) is 23.1 Å². The van der Waals surface area contributed by atoms with Gasteiger partial charge in [0, 0.05) is 11.8 Å². The monoisotopic (exact) mass is 232 g/mol. The summed E-state index contributed by atoms with van der Waals surface area (Å²) in [6.45, 7) is 1.90. The van der Waals surface area contributed by atoms with Gasteiger partial charge in [-0.05, 0) is 24.6 Å². The van der Waals surface area contributed by atoms with Crippen LogP contribution in [-0.4, -0.2) is 21.8 Å². The average molecular weight is 232 g/mol. The molecule has 0 aromatic carbocycles. The number of nitrogens with two attached hydrogens (primary N) is 1. The molecule has 5 heteroatoms. The fourth-order valence-electron chi connectivity index (χ4n) is 1.93. The van der Waals surface area contributed by atoms with Gasteiger partial charge in [-0.2, -0.15) is 0 Å². The molecule has 0 spiro atoms. The molecule has 2 aromatic heterocycles. The van der Waals surface area contributed by atoms with Crippen LogP contribution >= 0.6 is 0 Å². The predicted molar refractivity (Wildman–Crippen MR) is 63.3 cm³/mol. The number of rotatable bonds is 3. The summed E-state index contributed by atoms with van der Waals surface area (Å²) >= 11 is 0. The van der Waals surface area contributed by atoms with Crippen LogP contribution in [0, 0.1) is 6.92 Å². The van der Waals surface area contributed by atoms with Crippen LogP contribution in [0.5, 0.6) is 0 Å². The van der Waals surface area contributed by atoms with E-state index in [1.54, 1.807) is 10.6 Å². The molecule has 2 heterocycles. The van der Waals surface area contributed by atoms with Crippen molar-refractivity contribution in [2.24, 2.45) is 0 Å². The summed E-state index contributed by atoms with van der Waals surface area (Å²) in [5.74, 6) is -0.969. The fraction of sp³-hybridized carbons (Fsp3) is 0.167. The van der Waals surface area contributed by atoms with Crippen LogP contribution in [0.25, 0.3) is 5.52 Å². The molecule has 0 saturated heterocycles. The van der Waals surface area contributed by atoms with Gasteiger partial charge in [0.15, 0.2) is 6.29 Å². The van der Waals surface area contributed by atoms with E-state index in [1.807, 2.05) is 19.1 Å². The summed E-state index contributed by atoms with van der Waals surface area (Å²) in [6.07, 6.45) is 2.17. The van der Waals surface area contributed by atoms with Gasteiger partial charge >= 0.3 is 5.97 Å². The van der Waals surface area contributed by atoms with Crippen molar-refractivity contribution in [3.05, 3.63) is 35.2 Å². The zero-order valence-corrected chi connectivity index (χ0v) is 9.30. The lowest BCUT2D eigenvalue weighted by Gasteiger charge is -1.99. The molecule has 3 N–H and O–H groups in total. The fourth-order valence-corrected chi connectivity index (χ4v) is 1.93. The maximum Gasteiger partial charge on any atom is 0.307 e. The van der Waals surface area contributed by atoms with Crippen molar-refractivity contribution in [3.63, 3.8) is 0 Å². The Bertz CT molecular complexity index is 614. The quantitative estimate of drug-likeness (QED) is 0.780. The molecule has 0 aliphatic heterocycles. The normalized spacial score (nSPS) is 10.6. The summed E-state index contributed by atoms with van der Waals surface area (Å²) in [7, 11) is 0. The first-order valence-electron chi connectivity index (χ1n) is 5.10. The first-order chi connectivity index (χ1) is 8.04. The molecule has 0 atom stereocenters. The van der Waals surface area contributed by atoms with E-state index < -0.39 is 5.97 Å². The van der Waals surface area contributed by atoms with Crippen LogP contribution in [0.15, 0.2) is 18.3 Å². The number of nitrogens with zero attached hydrogens (tertiary/aromatic N) is 1. The van der Waals surface area contributed by atoms with E-state index in [9.17, 15) is 9.59 Å². The average Bonchev–Trinajstić information content (AvgIpc) is 2.51. The molecule has 0 amide bonds. The molecule has 0 aliphatic carbocycles. The second-order valence-electron chi connectivity index (χ2n) is 3.93. The van der Waals surface area contributed by atoms with Crippen molar-refractivity contribution < 1.29 is 14.7 Å². The molecule has 0 fully saturated rings. The minimum atomic E-state index is -0.969. The van der Waals surface area contributed by atoms with Gasteiger partial charge in [-0.15, -0.1) is 0 Å². The van der Waals surface area contributed by atoms with E-state index >= 15 is 0 Å². The first-order valence-corrected chi connectivity index (χ1v) is 5.10. The Morgan fingerprint density at radius 3 is 2.88 bits per heavy atom. The van der Waals surface area contributed by atoms with Gasteiger partial charge in [-0.25, -0.2) is 0 Å². The van der Waals surface area contributed by atoms with E-state index in [0.717, 1.165) is 5.56 Å². The third kappa shape index (κ3) is 1.75. The second kappa shape index (κ2) is 3.93. The van der Waals surface area contributed by atoms with Crippen molar-refractivity contribution in [2.45, 2.75) is 13.3 Å². The number of hydrogen-bond donors (Lipinski definition) is 2. The van der Waals surface area contributed by atoms with Crippen LogP contribution < -0.4 is 5.73 Å². The number of aldehydes is 1. The lowest BCUT2D eigenvalue weighted by molar-refractivity contribution is -0.136. The molecule has 5 nitrogen and oxygen atoms in total. The van der Waals surface area contributed by atoms with Gasteiger partial charge in [-0.1, -0.05) is 0 Å². The Labute approximate surface area is 97.5 Å². The predicted octanol–water partition coefficient (Wildman–Crippen LogP) is 1.27. The Kier molecular flexibility index (Phi) is 2.59. The molecule has 88 valence electrons. The molecule has 0 bridgehead atoms. The van der Waals surface area contributed by atoms with Crippen molar-refractivity contribution in [1.29, 1.82) is 0 Å². The lowest BCUT2D eigenvalue weighted by Crippen LogP contribution is -2.02. The Balaban J connectivity index is 2.80. The van der Waals surface area contributed by atoms with E-state index in [4.69, 9.17) is 10.8 Å². The van der Waals surface area contributed by atoms with Crippen molar-refractivity contribution in [2.75, 3.05) is 5.73 Å². The molecular weight excluding hydrogens is 220 g/mol. The molecule has 0 radical (unpaired) electrons. The minimum Gasteiger partial charge on any atom is -0.481 e. The number of carbonyl (C=O) groups is 2. The van der Waals surface area contributed by atoms with E-state index in [2.05, 4.69) is 0 Å². The standard InChI is InChI=1S/C12H12N2O3/c1-7-2-3-14-9(4-7)8(5-11(16)17)12(13)10(14)6-15/h2-4,6H,5,13H2,1H3,(H,16,17). The highest BCUT2D eigenvalue weighted by atomic mass is 16.4. The molecule has 17 heavy (non-hydrogen) atoms. The van der Waals surface area contributed by atoms with Gasteiger partial charge in [0.1, 0.15) is 5.69 Å². The minimum absolute atomic E-state index is 0.188. The maximum absolute atomic E-state index is 11.0. The largest absolute Gasteiger partial charge is 0.481 e. The number of aromatic nitrogens is 1. The molecule has 2 rings (SSSR count).